The van der Waals surface area contributed by atoms with Crippen LogP contribution in [-0.4, -0.2) is 75.6 Å². The highest BCUT2D eigenvalue weighted by Crippen LogP contribution is 2.53. The Labute approximate surface area is 230 Å². The lowest BCUT2D eigenvalue weighted by molar-refractivity contribution is -0.148. The first-order valence-corrected chi connectivity index (χ1v) is 12.7. The van der Waals surface area contributed by atoms with E-state index in [0.29, 0.717) is 16.9 Å². The molecule has 2 aromatic carbocycles. The fourth-order valence-corrected chi connectivity index (χ4v) is 6.63. The number of amides is 1. The molecule has 4 atom stereocenters. The smallest absolute Gasteiger partial charge is 0.255 e. The Morgan fingerprint density at radius 1 is 1.15 bits per heavy atom. The molecule has 2 aromatic rings. The van der Waals surface area contributed by atoms with Gasteiger partial charge in [0.05, 0.1) is 18.7 Å². The molecule has 8 N–H and O–H groups in total. The number of ketones is 2. The molecule has 40 heavy (non-hydrogen) atoms. The molecule has 0 radical (unpaired) electrons. The maximum atomic E-state index is 13.9. The quantitative estimate of drug-likeness (QED) is 0.295. The first-order valence-electron chi connectivity index (χ1n) is 12.7. The van der Waals surface area contributed by atoms with Crippen molar-refractivity contribution in [2.24, 2.45) is 23.3 Å². The number of phenols is 1. The minimum atomic E-state index is -2.68. The van der Waals surface area contributed by atoms with Crippen molar-refractivity contribution in [1.29, 1.82) is 0 Å². The Bertz CT molecular complexity index is 1540. The number of Topliss-reactive ketones (excluding diaryl/α,β-unsaturated/α-hetero) is 2. The number of allylic oxidation sites excluding steroid dienone is 1. The second kappa shape index (κ2) is 9.47. The largest absolute Gasteiger partial charge is 0.510 e. The summed E-state index contributed by atoms with van der Waals surface area (Å²) in [5, 5.41) is 44.8. The van der Waals surface area contributed by atoms with Gasteiger partial charge in [0.15, 0.2) is 11.4 Å². The lowest BCUT2D eigenvalue weighted by atomic mass is 9.58. The Morgan fingerprint density at radius 2 is 1.85 bits per heavy atom. The van der Waals surface area contributed by atoms with Crippen molar-refractivity contribution >= 4 is 17.5 Å². The molecule has 0 saturated heterocycles. The lowest BCUT2D eigenvalue weighted by Crippen LogP contribution is -2.63. The molecule has 0 saturated carbocycles. The Morgan fingerprint density at radius 3 is 2.45 bits per heavy atom. The van der Waals surface area contributed by atoms with Crippen molar-refractivity contribution in [3.63, 3.8) is 0 Å². The third-order valence-electron chi connectivity index (χ3n) is 8.42. The van der Waals surface area contributed by atoms with Crippen LogP contribution in [0.4, 0.5) is 0 Å². The predicted octanol–water partition coefficient (Wildman–Crippen LogP) is 1.25. The number of methoxy groups -OCH3 is 1. The van der Waals surface area contributed by atoms with Crippen LogP contribution in [0.5, 0.6) is 11.5 Å². The Hall–Kier alpha value is -4.19. The minimum Gasteiger partial charge on any atom is -0.510 e. The van der Waals surface area contributed by atoms with Gasteiger partial charge in [0.1, 0.15) is 28.6 Å². The summed E-state index contributed by atoms with van der Waals surface area (Å²) < 4.78 is 5.37. The van der Waals surface area contributed by atoms with E-state index in [-0.39, 0.29) is 36.3 Å². The average Bonchev–Trinajstić information content (AvgIpc) is 2.90. The van der Waals surface area contributed by atoms with Crippen LogP contribution in [0.3, 0.4) is 0 Å². The Balaban J connectivity index is 1.71. The zero-order chi connectivity index (χ0) is 29.3. The third-order valence-corrected chi connectivity index (χ3v) is 8.42. The molecule has 0 unspecified atom stereocenters. The van der Waals surface area contributed by atoms with Gasteiger partial charge in [0, 0.05) is 23.6 Å². The van der Waals surface area contributed by atoms with E-state index in [9.17, 15) is 34.8 Å². The Kier molecular flexibility index (Phi) is 6.48. The fraction of sp³-hybridized carbons (Fsp3) is 0.345. The molecule has 11 nitrogen and oxygen atoms in total. The number of rotatable bonds is 5. The molecule has 0 spiro atoms. The van der Waals surface area contributed by atoms with E-state index in [2.05, 4.69) is 0 Å². The molecule has 0 fully saturated rings. The number of hydrogen-bond acceptors (Lipinski definition) is 10. The topological polar surface area (TPSA) is 197 Å². The first-order chi connectivity index (χ1) is 18.9. The van der Waals surface area contributed by atoms with Gasteiger partial charge in [0.2, 0.25) is 5.78 Å². The summed E-state index contributed by atoms with van der Waals surface area (Å²) in [4.78, 5) is 40.9. The summed E-state index contributed by atoms with van der Waals surface area (Å²) in [6.45, 7) is 0.212. The zero-order valence-electron chi connectivity index (χ0n) is 22.3. The predicted molar refractivity (Wildman–Crippen MR) is 144 cm³/mol. The van der Waals surface area contributed by atoms with Crippen LogP contribution in [0.15, 0.2) is 53.0 Å². The highest BCUT2D eigenvalue weighted by molar-refractivity contribution is 6.24. The zero-order valence-corrected chi connectivity index (χ0v) is 22.3. The molecule has 3 aliphatic rings. The van der Waals surface area contributed by atoms with Crippen molar-refractivity contribution in [2.75, 3.05) is 21.2 Å². The van der Waals surface area contributed by atoms with Crippen molar-refractivity contribution in [3.05, 3.63) is 69.7 Å². The molecule has 0 aliphatic heterocycles. The molecule has 210 valence electrons. The van der Waals surface area contributed by atoms with E-state index < -0.39 is 58.0 Å². The van der Waals surface area contributed by atoms with E-state index in [1.165, 1.54) is 18.1 Å². The van der Waals surface area contributed by atoms with E-state index >= 15 is 0 Å². The number of aliphatic hydroxyl groups excluding tert-OH is 2. The number of nitrogens with zero attached hydrogens (tertiary/aromatic N) is 1. The molecule has 0 bridgehead atoms. The molecule has 0 aromatic heterocycles. The number of carbonyl (C=O) groups excluding carboxylic acids is 3. The van der Waals surface area contributed by atoms with Gasteiger partial charge >= 0.3 is 0 Å². The van der Waals surface area contributed by atoms with Crippen LogP contribution in [-0.2, 0) is 22.6 Å². The molecular weight excluding hydrogens is 518 g/mol. The number of hydrogen-bond donors (Lipinski definition) is 6. The van der Waals surface area contributed by atoms with Gasteiger partial charge in [-0.2, -0.15) is 0 Å². The van der Waals surface area contributed by atoms with Crippen LogP contribution in [0.2, 0.25) is 0 Å². The second-order valence-corrected chi connectivity index (χ2v) is 10.7. The standard InChI is InChI=1S/C29H31N3O8/c1-32(2)23-17-10-13-9-16-15(12-4-7-19(40-3)14(8-12)11-30)5-6-18(33)21(16)24(34)20(13)26(36)29(17,39)27(37)22(25(23)35)28(31)38/h4-8,13,17,23,33,35-36,39H,9-11,30H2,1-3H3,(H2,31,38)/t13-,17-,23-,29-/m1/s1. The van der Waals surface area contributed by atoms with Crippen LogP contribution < -0.4 is 16.2 Å². The second-order valence-electron chi connectivity index (χ2n) is 10.7. The van der Waals surface area contributed by atoms with E-state index in [4.69, 9.17) is 16.2 Å². The number of nitrogens with two attached hydrogens (primary N) is 2. The number of phenolic OH excluding ortho intramolecular Hbond substituents is 1. The maximum absolute atomic E-state index is 13.9. The number of carbonyl (C=O) groups is 3. The van der Waals surface area contributed by atoms with Gasteiger partial charge in [-0.3, -0.25) is 19.3 Å². The van der Waals surface area contributed by atoms with Gasteiger partial charge in [0.25, 0.3) is 5.91 Å². The lowest BCUT2D eigenvalue weighted by Gasteiger charge is -2.50. The van der Waals surface area contributed by atoms with Crippen molar-refractivity contribution in [2.45, 2.75) is 31.0 Å². The summed E-state index contributed by atoms with van der Waals surface area (Å²) in [6, 6.07) is 7.43. The molecule has 11 heteroatoms. The molecule has 0 heterocycles. The molecule has 1 amide bonds. The van der Waals surface area contributed by atoms with Gasteiger partial charge < -0.3 is 36.6 Å². The number of ether oxygens (including phenoxy) is 1. The normalized spacial score (nSPS) is 26.0. The summed E-state index contributed by atoms with van der Waals surface area (Å²) in [5.41, 5.74) is 10.2. The number of aliphatic hydroxyl groups is 3. The highest BCUT2D eigenvalue weighted by Gasteiger charge is 2.63. The van der Waals surface area contributed by atoms with Crippen LogP contribution in [0.25, 0.3) is 11.1 Å². The number of benzene rings is 2. The van der Waals surface area contributed by atoms with Crippen LogP contribution in [0.1, 0.15) is 27.9 Å². The van der Waals surface area contributed by atoms with Crippen molar-refractivity contribution in [1.82, 2.24) is 4.90 Å². The van der Waals surface area contributed by atoms with E-state index in [1.54, 1.807) is 26.2 Å². The summed E-state index contributed by atoms with van der Waals surface area (Å²) in [6.07, 6.45) is 0.194. The number of aromatic hydroxyl groups is 1. The fourth-order valence-electron chi connectivity index (χ4n) is 6.63. The van der Waals surface area contributed by atoms with Crippen molar-refractivity contribution in [3.8, 4) is 22.6 Å². The van der Waals surface area contributed by atoms with E-state index in [1.807, 2.05) is 12.1 Å². The maximum Gasteiger partial charge on any atom is 0.255 e. The summed E-state index contributed by atoms with van der Waals surface area (Å²) in [7, 11) is 4.71. The summed E-state index contributed by atoms with van der Waals surface area (Å²) >= 11 is 0. The van der Waals surface area contributed by atoms with E-state index in [0.717, 1.165) is 11.1 Å². The number of fused-ring (bicyclic) bond motifs is 3. The molecule has 3 aliphatic carbocycles. The van der Waals surface area contributed by atoms with Crippen LogP contribution in [0, 0.1) is 11.8 Å². The summed E-state index contributed by atoms with van der Waals surface area (Å²) in [5.74, 6) is -6.25. The van der Waals surface area contributed by atoms with Gasteiger partial charge in [-0.15, -0.1) is 0 Å². The average molecular weight is 550 g/mol. The number of likely N-dealkylation sites (N-methyl/N-ethyl adjacent to an activating group) is 1. The number of primary amides is 1. The minimum absolute atomic E-state index is 0.0114. The highest BCUT2D eigenvalue weighted by atomic mass is 16.5. The SMILES string of the molecule is COc1ccc(-c2ccc(O)c3c2C[C@@H]2C[C@@H]4[C@@H](N(C)C)C(O)=C(C(N)=O)C(=O)[C@]4(O)C(O)=C2C3=O)cc1CN. The molecular formula is C29H31N3O8. The third kappa shape index (κ3) is 3.65. The van der Waals surface area contributed by atoms with Gasteiger partial charge in [-0.25, -0.2) is 0 Å². The molecule has 5 rings (SSSR count). The van der Waals surface area contributed by atoms with Crippen molar-refractivity contribution < 1.29 is 39.5 Å². The van der Waals surface area contributed by atoms with Crippen LogP contribution >= 0.6 is 0 Å². The van der Waals surface area contributed by atoms with Gasteiger partial charge in [-0.05, 0) is 67.7 Å². The van der Waals surface area contributed by atoms with Gasteiger partial charge in [-0.1, -0.05) is 12.1 Å². The monoisotopic (exact) mass is 549 g/mol. The first kappa shape index (κ1) is 27.4.